The van der Waals surface area contributed by atoms with Gasteiger partial charge in [-0.1, -0.05) is 140 Å². The number of nitrogens with zero attached hydrogens (tertiary/aromatic N) is 3. The standard InChI is InChI=1S/C45H27N3O/c1-2-12-30(13-3-1)43-46-44(31-24-23-29-22-21-28-11-4-5-14-32(28)39(29)27-31)48-45(47-43)37-26-25-35(33-15-6-7-16-34(33)37)36-18-10-20-41-42(36)38-17-8-9-19-40(38)49-41/h1-27H. The minimum absolute atomic E-state index is 0.636. The molecule has 0 amide bonds. The van der Waals surface area contributed by atoms with E-state index < -0.39 is 0 Å². The molecule has 2 heterocycles. The van der Waals surface area contributed by atoms with Gasteiger partial charge in [0.2, 0.25) is 0 Å². The molecular formula is C45H27N3O. The molecule has 4 nitrogen and oxygen atoms in total. The largest absolute Gasteiger partial charge is 0.456 e. The minimum atomic E-state index is 0.636. The lowest BCUT2D eigenvalue weighted by Gasteiger charge is -2.14. The van der Waals surface area contributed by atoms with Gasteiger partial charge in [0.1, 0.15) is 11.2 Å². The average Bonchev–Trinajstić information content (AvgIpc) is 3.56. The van der Waals surface area contributed by atoms with Crippen molar-refractivity contribution in [3.8, 4) is 45.3 Å². The third-order valence-corrected chi connectivity index (χ3v) is 9.53. The monoisotopic (exact) mass is 625 g/mol. The second-order valence-corrected chi connectivity index (χ2v) is 12.4. The van der Waals surface area contributed by atoms with Crippen LogP contribution in [-0.2, 0) is 0 Å². The van der Waals surface area contributed by atoms with Crippen LogP contribution in [0, 0.1) is 0 Å². The highest BCUT2D eigenvalue weighted by Gasteiger charge is 2.18. The van der Waals surface area contributed by atoms with Crippen molar-refractivity contribution in [2.75, 3.05) is 0 Å². The van der Waals surface area contributed by atoms with Crippen LogP contribution in [0.2, 0.25) is 0 Å². The van der Waals surface area contributed by atoms with Crippen molar-refractivity contribution < 1.29 is 4.42 Å². The maximum Gasteiger partial charge on any atom is 0.164 e. The minimum Gasteiger partial charge on any atom is -0.456 e. The van der Waals surface area contributed by atoms with Crippen LogP contribution < -0.4 is 0 Å². The number of furan rings is 1. The predicted octanol–water partition coefficient (Wildman–Crippen LogP) is 11.9. The lowest BCUT2D eigenvalue weighted by Crippen LogP contribution is -2.01. The highest BCUT2D eigenvalue weighted by atomic mass is 16.3. The van der Waals surface area contributed by atoms with E-state index in [1.165, 1.54) is 21.5 Å². The summed E-state index contributed by atoms with van der Waals surface area (Å²) in [5.74, 6) is 1.92. The van der Waals surface area contributed by atoms with Crippen LogP contribution in [0.3, 0.4) is 0 Å². The van der Waals surface area contributed by atoms with Crippen LogP contribution in [0.25, 0.3) is 99.5 Å². The van der Waals surface area contributed by atoms with Gasteiger partial charge < -0.3 is 4.42 Å². The van der Waals surface area contributed by atoms with Gasteiger partial charge in [-0.15, -0.1) is 0 Å². The molecule has 0 bridgehead atoms. The first-order valence-electron chi connectivity index (χ1n) is 16.4. The second kappa shape index (κ2) is 11.0. The second-order valence-electron chi connectivity index (χ2n) is 12.4. The van der Waals surface area contributed by atoms with Crippen LogP contribution >= 0.6 is 0 Å². The van der Waals surface area contributed by atoms with Crippen molar-refractivity contribution in [1.82, 2.24) is 15.0 Å². The zero-order valence-electron chi connectivity index (χ0n) is 26.3. The summed E-state index contributed by atoms with van der Waals surface area (Å²) >= 11 is 0. The molecule has 10 rings (SSSR count). The van der Waals surface area contributed by atoms with Gasteiger partial charge in [-0.3, -0.25) is 0 Å². The zero-order valence-corrected chi connectivity index (χ0v) is 26.3. The summed E-state index contributed by atoms with van der Waals surface area (Å²) in [5.41, 5.74) is 6.88. The van der Waals surface area contributed by atoms with Crippen molar-refractivity contribution in [3.05, 3.63) is 164 Å². The Labute approximate surface area is 282 Å². The zero-order chi connectivity index (χ0) is 32.3. The van der Waals surface area contributed by atoms with Gasteiger partial charge in [0.05, 0.1) is 0 Å². The van der Waals surface area contributed by atoms with Crippen LogP contribution in [0.1, 0.15) is 0 Å². The smallest absolute Gasteiger partial charge is 0.164 e. The van der Waals surface area contributed by atoms with E-state index in [0.29, 0.717) is 17.5 Å². The molecule has 2 aromatic heterocycles. The van der Waals surface area contributed by atoms with Crippen molar-refractivity contribution in [2.24, 2.45) is 0 Å². The molecule has 8 aromatic carbocycles. The molecule has 49 heavy (non-hydrogen) atoms. The molecule has 0 saturated heterocycles. The first kappa shape index (κ1) is 27.5. The fourth-order valence-corrected chi connectivity index (χ4v) is 7.21. The van der Waals surface area contributed by atoms with Crippen molar-refractivity contribution >= 4 is 54.3 Å². The number of rotatable bonds is 4. The molecule has 0 fully saturated rings. The predicted molar refractivity (Wildman–Crippen MR) is 201 cm³/mol. The summed E-state index contributed by atoms with van der Waals surface area (Å²) in [7, 11) is 0. The molecule has 0 unspecified atom stereocenters. The Morgan fingerprint density at radius 2 is 0.918 bits per heavy atom. The quantitative estimate of drug-likeness (QED) is 0.183. The van der Waals surface area contributed by atoms with E-state index >= 15 is 0 Å². The van der Waals surface area contributed by atoms with E-state index in [-0.39, 0.29) is 0 Å². The van der Waals surface area contributed by atoms with Crippen molar-refractivity contribution in [3.63, 3.8) is 0 Å². The van der Waals surface area contributed by atoms with Gasteiger partial charge in [0, 0.05) is 27.5 Å². The summed E-state index contributed by atoms with van der Waals surface area (Å²) in [6.07, 6.45) is 0. The third-order valence-electron chi connectivity index (χ3n) is 9.53. The number of benzene rings is 8. The summed E-state index contributed by atoms with van der Waals surface area (Å²) < 4.78 is 6.25. The van der Waals surface area contributed by atoms with E-state index in [4.69, 9.17) is 19.4 Å². The average molecular weight is 626 g/mol. The maximum absolute atomic E-state index is 6.25. The topological polar surface area (TPSA) is 51.8 Å². The van der Waals surface area contributed by atoms with E-state index in [0.717, 1.165) is 60.5 Å². The molecule has 0 aliphatic rings. The Morgan fingerprint density at radius 1 is 0.327 bits per heavy atom. The Hall–Kier alpha value is -6.65. The molecule has 0 spiro atoms. The summed E-state index contributed by atoms with van der Waals surface area (Å²) in [6, 6.07) is 56.9. The first-order valence-corrected chi connectivity index (χ1v) is 16.4. The van der Waals surface area contributed by atoms with Crippen LogP contribution in [0.5, 0.6) is 0 Å². The van der Waals surface area contributed by atoms with Gasteiger partial charge in [-0.2, -0.15) is 0 Å². The lowest BCUT2D eigenvalue weighted by molar-refractivity contribution is 0.669. The lowest BCUT2D eigenvalue weighted by atomic mass is 9.92. The first-order chi connectivity index (χ1) is 24.3. The van der Waals surface area contributed by atoms with Gasteiger partial charge in [-0.25, -0.2) is 15.0 Å². The molecule has 0 atom stereocenters. The molecule has 10 aromatic rings. The highest BCUT2D eigenvalue weighted by Crippen LogP contribution is 2.41. The Bertz CT molecular complexity index is 2890. The Kier molecular flexibility index (Phi) is 6.15. The van der Waals surface area contributed by atoms with E-state index in [1.54, 1.807) is 0 Å². The fraction of sp³-hybridized carbons (Fsp3) is 0. The maximum atomic E-state index is 6.25. The number of fused-ring (bicyclic) bond motifs is 7. The molecule has 0 saturated carbocycles. The molecule has 0 radical (unpaired) electrons. The summed E-state index contributed by atoms with van der Waals surface area (Å²) in [6.45, 7) is 0. The highest BCUT2D eigenvalue weighted by molar-refractivity contribution is 6.16. The molecular weight excluding hydrogens is 599 g/mol. The normalized spacial score (nSPS) is 11.7. The molecule has 0 aliphatic carbocycles. The van der Waals surface area contributed by atoms with Gasteiger partial charge in [0.25, 0.3) is 0 Å². The fourth-order valence-electron chi connectivity index (χ4n) is 7.21. The molecule has 0 N–H and O–H groups in total. The van der Waals surface area contributed by atoms with Gasteiger partial charge >= 0.3 is 0 Å². The van der Waals surface area contributed by atoms with E-state index in [9.17, 15) is 0 Å². The van der Waals surface area contributed by atoms with Crippen molar-refractivity contribution in [1.29, 1.82) is 0 Å². The van der Waals surface area contributed by atoms with E-state index in [1.807, 2.05) is 48.5 Å². The van der Waals surface area contributed by atoms with Crippen molar-refractivity contribution in [2.45, 2.75) is 0 Å². The summed E-state index contributed by atoms with van der Waals surface area (Å²) in [5, 5.41) is 9.20. The third kappa shape index (κ3) is 4.49. The van der Waals surface area contributed by atoms with Gasteiger partial charge in [-0.05, 0) is 67.7 Å². The van der Waals surface area contributed by atoms with Crippen LogP contribution in [-0.4, -0.2) is 15.0 Å². The molecule has 0 aliphatic heterocycles. The van der Waals surface area contributed by atoms with Crippen LogP contribution in [0.15, 0.2) is 168 Å². The Morgan fingerprint density at radius 3 is 1.76 bits per heavy atom. The molecule has 4 heteroatoms. The van der Waals surface area contributed by atoms with Gasteiger partial charge in [0.15, 0.2) is 17.5 Å². The van der Waals surface area contributed by atoms with Crippen LogP contribution in [0.4, 0.5) is 0 Å². The molecule has 228 valence electrons. The number of para-hydroxylation sites is 1. The summed E-state index contributed by atoms with van der Waals surface area (Å²) in [4.78, 5) is 15.3. The van der Waals surface area contributed by atoms with E-state index in [2.05, 4.69) is 115 Å². The number of hydrogen-bond donors (Lipinski definition) is 0. The Balaban J connectivity index is 1.20. The SMILES string of the molecule is c1ccc(-c2nc(-c3ccc4ccc5ccccc5c4c3)nc(-c3ccc(-c4cccc5oc6ccccc6c45)c4ccccc34)n2)cc1. The number of hydrogen-bond acceptors (Lipinski definition) is 4. The number of aromatic nitrogens is 3.